The molecule has 0 aliphatic heterocycles. The maximum atomic E-state index is 5.75. The minimum atomic E-state index is 0.696. The van der Waals surface area contributed by atoms with E-state index < -0.39 is 0 Å². The Balaban J connectivity index is 2.23. The lowest BCUT2D eigenvalue weighted by Gasteiger charge is -2.08. The number of benzene rings is 1. The van der Waals surface area contributed by atoms with Crippen molar-refractivity contribution >= 4 is 11.4 Å². The fourth-order valence-corrected chi connectivity index (χ4v) is 1.45. The first kappa shape index (κ1) is 12.6. The molecule has 3 nitrogen and oxygen atoms in total. The average molecular weight is 220 g/mol. The van der Waals surface area contributed by atoms with Crippen LogP contribution in [0.25, 0.3) is 0 Å². The Kier molecular flexibility index (Phi) is 5.43. The van der Waals surface area contributed by atoms with Crippen molar-refractivity contribution in [2.75, 3.05) is 30.8 Å². The molecule has 0 atom stereocenters. The van der Waals surface area contributed by atoms with Gasteiger partial charge in [-0.05, 0) is 37.1 Å². The lowest BCUT2D eigenvalue weighted by molar-refractivity contribution is 0.149. The molecule has 0 saturated heterocycles. The molecule has 0 radical (unpaired) electrons. The van der Waals surface area contributed by atoms with Crippen LogP contribution in [0.5, 0.6) is 0 Å². The molecule has 0 fully saturated rings. The first-order chi connectivity index (χ1) is 7.72. The number of hydrogen-bond acceptors (Lipinski definition) is 3. The van der Waals surface area contributed by atoms with Gasteiger partial charge in [-0.1, -0.05) is 6.08 Å². The maximum Gasteiger partial charge on any atom is 0.0639 e. The maximum absolute atomic E-state index is 5.75. The van der Waals surface area contributed by atoms with Crippen molar-refractivity contribution in [1.29, 1.82) is 0 Å². The quantitative estimate of drug-likeness (QED) is 0.422. The van der Waals surface area contributed by atoms with Gasteiger partial charge in [-0.2, -0.15) is 0 Å². The molecule has 16 heavy (non-hydrogen) atoms. The summed E-state index contributed by atoms with van der Waals surface area (Å²) in [5, 5.41) is 3.27. The normalized spacial score (nSPS) is 10.1. The summed E-state index contributed by atoms with van der Waals surface area (Å²) in [6, 6.07) is 5.95. The van der Waals surface area contributed by atoms with Crippen molar-refractivity contribution < 1.29 is 4.74 Å². The van der Waals surface area contributed by atoms with E-state index in [9.17, 15) is 0 Å². The zero-order valence-corrected chi connectivity index (χ0v) is 9.83. The summed E-state index contributed by atoms with van der Waals surface area (Å²) in [5.41, 5.74) is 8.74. The second-order valence-electron chi connectivity index (χ2n) is 3.75. The lowest BCUT2D eigenvalue weighted by Crippen LogP contribution is -2.10. The summed E-state index contributed by atoms with van der Waals surface area (Å²) >= 11 is 0. The first-order valence-electron chi connectivity index (χ1n) is 5.52. The number of nitrogen functional groups attached to an aromatic ring is 1. The van der Waals surface area contributed by atoms with Gasteiger partial charge < -0.3 is 15.8 Å². The van der Waals surface area contributed by atoms with Crippen LogP contribution in [0.1, 0.15) is 12.0 Å². The van der Waals surface area contributed by atoms with Gasteiger partial charge in [0.1, 0.15) is 0 Å². The predicted octanol–water partition coefficient (Wildman–Crippen LogP) is 2.58. The molecule has 1 aromatic rings. The number of rotatable bonds is 7. The van der Waals surface area contributed by atoms with E-state index in [0.717, 1.165) is 36.5 Å². The Morgan fingerprint density at radius 3 is 2.88 bits per heavy atom. The zero-order chi connectivity index (χ0) is 11.8. The Labute approximate surface area is 97.3 Å². The Morgan fingerprint density at radius 1 is 1.38 bits per heavy atom. The van der Waals surface area contributed by atoms with Gasteiger partial charge in [0, 0.05) is 17.9 Å². The van der Waals surface area contributed by atoms with E-state index in [2.05, 4.69) is 18.0 Å². The van der Waals surface area contributed by atoms with Gasteiger partial charge in [0.25, 0.3) is 0 Å². The van der Waals surface area contributed by atoms with Crippen LogP contribution in [0.2, 0.25) is 0 Å². The molecule has 0 aliphatic carbocycles. The predicted molar refractivity (Wildman–Crippen MR) is 69.7 cm³/mol. The molecule has 0 aromatic heterocycles. The van der Waals surface area contributed by atoms with E-state index >= 15 is 0 Å². The van der Waals surface area contributed by atoms with E-state index in [1.807, 2.05) is 25.1 Å². The number of ether oxygens (including phenoxy) is 1. The number of nitrogens with two attached hydrogens (primary N) is 1. The van der Waals surface area contributed by atoms with Crippen LogP contribution in [0, 0.1) is 6.92 Å². The Bertz CT molecular complexity index is 316. The number of aryl methyl sites for hydroxylation is 1. The third-order valence-electron chi connectivity index (χ3n) is 2.14. The SMILES string of the molecule is C=CCCOCCNc1cc(C)cc(N)c1. The van der Waals surface area contributed by atoms with E-state index in [1.165, 1.54) is 0 Å². The van der Waals surface area contributed by atoms with Crippen LogP contribution in [0.4, 0.5) is 11.4 Å². The Hall–Kier alpha value is -1.48. The third-order valence-corrected chi connectivity index (χ3v) is 2.14. The molecule has 3 heteroatoms. The van der Waals surface area contributed by atoms with Crippen LogP contribution in [-0.4, -0.2) is 19.8 Å². The van der Waals surface area contributed by atoms with Crippen LogP contribution < -0.4 is 11.1 Å². The highest BCUT2D eigenvalue weighted by molar-refractivity contribution is 5.56. The summed E-state index contributed by atoms with van der Waals surface area (Å²) < 4.78 is 5.39. The van der Waals surface area contributed by atoms with Gasteiger partial charge in [0.15, 0.2) is 0 Å². The molecule has 1 rings (SSSR count). The lowest BCUT2D eigenvalue weighted by atomic mass is 10.2. The molecule has 0 heterocycles. The minimum absolute atomic E-state index is 0.696. The summed E-state index contributed by atoms with van der Waals surface area (Å²) in [4.78, 5) is 0. The van der Waals surface area contributed by atoms with Crippen molar-refractivity contribution in [1.82, 2.24) is 0 Å². The van der Waals surface area contributed by atoms with E-state index in [-0.39, 0.29) is 0 Å². The minimum Gasteiger partial charge on any atom is -0.399 e. The van der Waals surface area contributed by atoms with Crippen LogP contribution in [0.15, 0.2) is 30.9 Å². The summed E-state index contributed by atoms with van der Waals surface area (Å²) in [7, 11) is 0. The smallest absolute Gasteiger partial charge is 0.0639 e. The molecule has 0 spiro atoms. The molecule has 1 aromatic carbocycles. The topological polar surface area (TPSA) is 47.3 Å². The molecule has 0 bridgehead atoms. The van der Waals surface area contributed by atoms with E-state index in [0.29, 0.717) is 6.61 Å². The highest BCUT2D eigenvalue weighted by Gasteiger charge is 1.95. The van der Waals surface area contributed by atoms with Crippen molar-refractivity contribution in [2.45, 2.75) is 13.3 Å². The van der Waals surface area contributed by atoms with Crippen LogP contribution in [-0.2, 0) is 4.74 Å². The fourth-order valence-electron chi connectivity index (χ4n) is 1.45. The fraction of sp³-hybridized carbons (Fsp3) is 0.385. The van der Waals surface area contributed by atoms with Gasteiger partial charge in [-0.15, -0.1) is 6.58 Å². The summed E-state index contributed by atoms with van der Waals surface area (Å²) in [6.07, 6.45) is 2.76. The average Bonchev–Trinajstić information content (AvgIpc) is 2.22. The van der Waals surface area contributed by atoms with Gasteiger partial charge >= 0.3 is 0 Å². The van der Waals surface area contributed by atoms with Gasteiger partial charge in [-0.3, -0.25) is 0 Å². The second-order valence-corrected chi connectivity index (χ2v) is 3.75. The van der Waals surface area contributed by atoms with Crippen molar-refractivity contribution in [3.63, 3.8) is 0 Å². The van der Waals surface area contributed by atoms with Crippen LogP contribution in [0.3, 0.4) is 0 Å². The first-order valence-corrected chi connectivity index (χ1v) is 5.52. The molecule has 0 unspecified atom stereocenters. The van der Waals surface area contributed by atoms with Gasteiger partial charge in [-0.25, -0.2) is 0 Å². The number of anilines is 2. The monoisotopic (exact) mass is 220 g/mol. The molecule has 0 saturated carbocycles. The molecular formula is C13H20N2O. The summed E-state index contributed by atoms with van der Waals surface area (Å²) in [6.45, 7) is 7.89. The third kappa shape index (κ3) is 4.84. The Morgan fingerprint density at radius 2 is 2.19 bits per heavy atom. The number of nitrogens with one attached hydrogen (secondary N) is 1. The molecular weight excluding hydrogens is 200 g/mol. The molecule has 0 aliphatic rings. The van der Waals surface area contributed by atoms with Gasteiger partial charge in [0.2, 0.25) is 0 Å². The van der Waals surface area contributed by atoms with Gasteiger partial charge in [0.05, 0.1) is 13.2 Å². The molecule has 88 valence electrons. The highest BCUT2D eigenvalue weighted by atomic mass is 16.5. The number of hydrogen-bond donors (Lipinski definition) is 2. The zero-order valence-electron chi connectivity index (χ0n) is 9.83. The largest absolute Gasteiger partial charge is 0.399 e. The van der Waals surface area contributed by atoms with Crippen molar-refractivity contribution in [3.8, 4) is 0 Å². The molecule has 3 N–H and O–H groups in total. The highest BCUT2D eigenvalue weighted by Crippen LogP contribution is 2.15. The van der Waals surface area contributed by atoms with E-state index in [1.54, 1.807) is 0 Å². The van der Waals surface area contributed by atoms with Crippen molar-refractivity contribution in [2.24, 2.45) is 0 Å². The standard InChI is InChI=1S/C13H20N2O/c1-3-4-6-16-7-5-15-13-9-11(2)8-12(14)10-13/h3,8-10,15H,1,4-7,14H2,2H3. The van der Waals surface area contributed by atoms with E-state index in [4.69, 9.17) is 10.5 Å². The van der Waals surface area contributed by atoms with Crippen LogP contribution >= 0.6 is 0 Å². The van der Waals surface area contributed by atoms with Crippen molar-refractivity contribution in [3.05, 3.63) is 36.4 Å². The molecule has 0 amide bonds. The second kappa shape index (κ2) is 6.90. The summed E-state index contributed by atoms with van der Waals surface area (Å²) in [5.74, 6) is 0.